The van der Waals surface area contributed by atoms with Crippen LogP contribution in [0.2, 0.25) is 0 Å². The van der Waals surface area contributed by atoms with E-state index < -0.39 is 12.3 Å². The second kappa shape index (κ2) is 7.81. The van der Waals surface area contributed by atoms with Crippen molar-refractivity contribution < 1.29 is 14.9 Å². The summed E-state index contributed by atoms with van der Waals surface area (Å²) in [5.74, 6) is 0.859. The van der Waals surface area contributed by atoms with E-state index in [1.807, 2.05) is 12.1 Å². The summed E-state index contributed by atoms with van der Waals surface area (Å²) in [6.45, 7) is 0. The van der Waals surface area contributed by atoms with Crippen molar-refractivity contribution in [3.8, 4) is 5.75 Å². The highest BCUT2D eigenvalue weighted by Gasteiger charge is 2.16. The van der Waals surface area contributed by atoms with Gasteiger partial charge in [0, 0.05) is 12.4 Å². The number of nitrogens with zero attached hydrogens (tertiary/aromatic N) is 2. The van der Waals surface area contributed by atoms with Gasteiger partial charge in [0.25, 0.3) is 0 Å². The maximum atomic E-state index is 9.94. The van der Waals surface area contributed by atoms with Gasteiger partial charge in [0.2, 0.25) is 0 Å². The highest BCUT2D eigenvalue weighted by Crippen LogP contribution is 2.16. The molecule has 1 aromatic carbocycles. The Labute approximate surface area is 124 Å². The molecule has 1 aromatic heterocycles. The van der Waals surface area contributed by atoms with E-state index in [1.165, 1.54) is 16.5 Å². The van der Waals surface area contributed by atoms with Crippen molar-refractivity contribution in [1.29, 1.82) is 0 Å². The molecule has 0 spiro atoms. The average molecular weight is 290 g/mol. The van der Waals surface area contributed by atoms with Gasteiger partial charge >= 0.3 is 0 Å². The zero-order chi connectivity index (χ0) is 15.1. The Morgan fingerprint density at radius 2 is 1.95 bits per heavy atom. The van der Waals surface area contributed by atoms with Crippen LogP contribution < -0.4 is 4.74 Å². The van der Waals surface area contributed by atoms with Crippen LogP contribution in [0.1, 0.15) is 31.1 Å². The Kier molecular flexibility index (Phi) is 5.78. The Hall–Kier alpha value is -1.85. The zero-order valence-corrected chi connectivity index (χ0v) is 12.2. The van der Waals surface area contributed by atoms with Crippen LogP contribution in [0.5, 0.6) is 5.75 Å². The van der Waals surface area contributed by atoms with Crippen molar-refractivity contribution in [3.63, 3.8) is 0 Å². The number of benzene rings is 1. The first-order valence-electron chi connectivity index (χ1n) is 7.17. The predicted octanol–water partition coefficient (Wildman–Crippen LogP) is 2.16. The Morgan fingerprint density at radius 1 is 1.19 bits per heavy atom. The first-order chi connectivity index (χ1) is 10.2. The summed E-state index contributed by atoms with van der Waals surface area (Å²) in [5, 5.41) is 19.9. The minimum absolute atomic E-state index is 0.565. The third-order valence-electron chi connectivity index (χ3n) is 3.55. The fourth-order valence-electron chi connectivity index (χ4n) is 2.25. The van der Waals surface area contributed by atoms with Gasteiger partial charge in [-0.25, -0.2) is 4.98 Å². The number of aryl methyl sites for hydroxylation is 1. The highest BCUT2D eigenvalue weighted by atomic mass is 16.5. The summed E-state index contributed by atoms with van der Waals surface area (Å²) in [7, 11) is 1.65. The smallest absolute Gasteiger partial charge is 0.157 e. The van der Waals surface area contributed by atoms with E-state index in [0.29, 0.717) is 6.42 Å². The molecule has 0 bridgehead atoms. The summed E-state index contributed by atoms with van der Waals surface area (Å²) >= 11 is 0. The molecule has 0 amide bonds. The number of hydrogen-bond donors (Lipinski definition) is 2. The van der Waals surface area contributed by atoms with Crippen molar-refractivity contribution >= 4 is 0 Å². The molecule has 0 aliphatic rings. The van der Waals surface area contributed by atoms with Crippen LogP contribution in [-0.2, 0) is 6.42 Å². The largest absolute Gasteiger partial charge is 0.497 e. The number of aliphatic hydroxyl groups excluding tert-OH is 2. The SMILES string of the molecule is COc1ccc(CCCCC(O)C(O)n2ccnc2)cc1. The lowest BCUT2D eigenvalue weighted by molar-refractivity contribution is -0.0331. The average Bonchev–Trinajstić information content (AvgIpc) is 3.05. The number of ether oxygens (including phenoxy) is 1. The van der Waals surface area contributed by atoms with E-state index in [9.17, 15) is 10.2 Å². The lowest BCUT2D eigenvalue weighted by Gasteiger charge is -2.18. The van der Waals surface area contributed by atoms with Gasteiger partial charge in [-0.15, -0.1) is 0 Å². The van der Waals surface area contributed by atoms with Crippen LogP contribution in [0, 0.1) is 0 Å². The molecule has 1 heterocycles. The van der Waals surface area contributed by atoms with Crippen LogP contribution in [0.25, 0.3) is 0 Å². The minimum atomic E-state index is -0.923. The standard InChI is InChI=1S/C16H22N2O3/c1-21-14-8-6-13(7-9-14)4-2-3-5-15(19)16(20)18-11-10-17-12-18/h6-12,15-16,19-20H,2-5H2,1H3. The minimum Gasteiger partial charge on any atom is -0.497 e. The topological polar surface area (TPSA) is 67.5 Å². The molecule has 21 heavy (non-hydrogen) atoms. The zero-order valence-electron chi connectivity index (χ0n) is 12.2. The fraction of sp³-hybridized carbons (Fsp3) is 0.438. The quantitative estimate of drug-likeness (QED) is 0.731. The predicted molar refractivity (Wildman–Crippen MR) is 80.0 cm³/mol. The van der Waals surface area contributed by atoms with Crippen molar-refractivity contribution in [3.05, 3.63) is 48.5 Å². The summed E-state index contributed by atoms with van der Waals surface area (Å²) in [4.78, 5) is 3.86. The molecule has 0 fully saturated rings. The molecule has 2 atom stereocenters. The summed E-state index contributed by atoms with van der Waals surface area (Å²) in [6, 6.07) is 8.01. The Morgan fingerprint density at radius 3 is 2.57 bits per heavy atom. The van der Waals surface area contributed by atoms with Crippen LogP contribution in [0.3, 0.4) is 0 Å². The second-order valence-electron chi connectivity index (χ2n) is 5.08. The molecule has 2 unspecified atom stereocenters. The molecule has 0 aliphatic heterocycles. The maximum Gasteiger partial charge on any atom is 0.157 e. The van der Waals surface area contributed by atoms with Crippen molar-refractivity contribution in [2.75, 3.05) is 7.11 Å². The van der Waals surface area contributed by atoms with Crippen molar-refractivity contribution in [2.24, 2.45) is 0 Å². The van der Waals surface area contributed by atoms with Crippen LogP contribution >= 0.6 is 0 Å². The van der Waals surface area contributed by atoms with Crippen molar-refractivity contribution in [2.45, 2.75) is 38.0 Å². The number of imidazole rings is 1. The molecule has 2 rings (SSSR count). The second-order valence-corrected chi connectivity index (χ2v) is 5.08. The summed E-state index contributed by atoms with van der Waals surface area (Å²) in [5.41, 5.74) is 1.25. The molecular formula is C16H22N2O3. The van der Waals surface area contributed by atoms with E-state index >= 15 is 0 Å². The maximum absolute atomic E-state index is 9.94. The van der Waals surface area contributed by atoms with Crippen molar-refractivity contribution in [1.82, 2.24) is 9.55 Å². The molecule has 5 heteroatoms. The Bertz CT molecular complexity index is 511. The van der Waals surface area contributed by atoms with Gasteiger partial charge < -0.3 is 19.5 Å². The first kappa shape index (κ1) is 15.5. The number of methoxy groups -OCH3 is 1. The molecular weight excluding hydrogens is 268 g/mol. The lowest BCUT2D eigenvalue weighted by atomic mass is 10.0. The van der Waals surface area contributed by atoms with Gasteiger partial charge in [0.05, 0.1) is 19.5 Å². The third-order valence-corrected chi connectivity index (χ3v) is 3.55. The number of rotatable bonds is 8. The summed E-state index contributed by atoms with van der Waals surface area (Å²) in [6.07, 6.45) is 6.39. The molecule has 2 N–H and O–H groups in total. The fourth-order valence-corrected chi connectivity index (χ4v) is 2.25. The molecule has 0 saturated heterocycles. The van der Waals surface area contributed by atoms with E-state index in [1.54, 1.807) is 19.5 Å². The van der Waals surface area contributed by atoms with Gasteiger partial charge in [0.15, 0.2) is 6.23 Å². The molecule has 0 aliphatic carbocycles. The van der Waals surface area contributed by atoms with E-state index in [4.69, 9.17) is 4.74 Å². The molecule has 0 radical (unpaired) electrons. The van der Waals surface area contributed by atoms with Gasteiger partial charge in [0.1, 0.15) is 5.75 Å². The molecule has 114 valence electrons. The summed E-state index contributed by atoms with van der Waals surface area (Å²) < 4.78 is 6.63. The van der Waals surface area contributed by atoms with Gasteiger partial charge in [-0.3, -0.25) is 0 Å². The number of aromatic nitrogens is 2. The van der Waals surface area contributed by atoms with Gasteiger partial charge in [-0.2, -0.15) is 0 Å². The number of unbranched alkanes of at least 4 members (excludes halogenated alkanes) is 1. The lowest BCUT2D eigenvalue weighted by Crippen LogP contribution is -2.22. The van der Waals surface area contributed by atoms with Gasteiger partial charge in [-0.05, 0) is 37.0 Å². The molecule has 2 aromatic rings. The van der Waals surface area contributed by atoms with Gasteiger partial charge in [-0.1, -0.05) is 18.6 Å². The number of aliphatic hydroxyl groups is 2. The molecule has 5 nitrogen and oxygen atoms in total. The highest BCUT2D eigenvalue weighted by molar-refractivity contribution is 5.27. The normalized spacial score (nSPS) is 13.9. The van der Waals surface area contributed by atoms with Crippen LogP contribution in [0.15, 0.2) is 43.0 Å². The Balaban J connectivity index is 1.69. The first-order valence-corrected chi connectivity index (χ1v) is 7.17. The third kappa shape index (κ3) is 4.58. The van der Waals surface area contributed by atoms with E-state index in [0.717, 1.165) is 25.0 Å². The van der Waals surface area contributed by atoms with Crippen LogP contribution in [0.4, 0.5) is 0 Å². The van der Waals surface area contributed by atoms with E-state index in [2.05, 4.69) is 17.1 Å². The monoisotopic (exact) mass is 290 g/mol. The number of hydrogen-bond acceptors (Lipinski definition) is 4. The van der Waals surface area contributed by atoms with Crippen LogP contribution in [-0.4, -0.2) is 33.0 Å². The van der Waals surface area contributed by atoms with E-state index in [-0.39, 0.29) is 0 Å². The molecule has 0 saturated carbocycles.